The smallest absolute Gasteiger partial charge is 0.315 e. The third-order valence-corrected chi connectivity index (χ3v) is 3.41. The number of nitrogens with one attached hydrogen (secondary N) is 2. The van der Waals surface area contributed by atoms with Crippen molar-refractivity contribution >= 4 is 6.03 Å². The van der Waals surface area contributed by atoms with Crippen LogP contribution >= 0.6 is 0 Å². The van der Waals surface area contributed by atoms with E-state index in [2.05, 4.69) is 17.6 Å². The normalized spacial score (nSPS) is 19.7. The maximum absolute atomic E-state index is 11.5. The van der Waals surface area contributed by atoms with Crippen molar-refractivity contribution in [3.05, 3.63) is 0 Å². The molecule has 3 N–H and O–H groups in total. The van der Waals surface area contributed by atoms with Crippen LogP contribution in [-0.4, -0.2) is 30.3 Å². The highest BCUT2D eigenvalue weighted by atomic mass is 16.3. The van der Waals surface area contributed by atoms with E-state index in [1.54, 1.807) is 0 Å². The Morgan fingerprint density at radius 2 is 2.19 bits per heavy atom. The molecule has 1 saturated carbocycles. The van der Waals surface area contributed by atoms with Crippen LogP contribution in [-0.2, 0) is 0 Å². The Bertz CT molecular complexity index is 227. The van der Waals surface area contributed by atoms with Gasteiger partial charge in [0.15, 0.2) is 0 Å². The monoisotopic (exact) mass is 228 g/mol. The summed E-state index contributed by atoms with van der Waals surface area (Å²) >= 11 is 0. The van der Waals surface area contributed by atoms with Gasteiger partial charge in [-0.25, -0.2) is 4.79 Å². The van der Waals surface area contributed by atoms with Crippen molar-refractivity contribution in [3.8, 4) is 0 Å². The Morgan fingerprint density at radius 1 is 1.50 bits per heavy atom. The molecule has 4 heteroatoms. The van der Waals surface area contributed by atoms with Crippen molar-refractivity contribution in [3.63, 3.8) is 0 Å². The van der Waals surface area contributed by atoms with Gasteiger partial charge in [0.25, 0.3) is 0 Å². The molecule has 1 unspecified atom stereocenters. The summed E-state index contributed by atoms with van der Waals surface area (Å²) in [4.78, 5) is 11.5. The minimum atomic E-state index is -0.0847. The number of carbonyl (C=O) groups excluding carboxylic acids is 1. The van der Waals surface area contributed by atoms with Crippen molar-refractivity contribution in [2.24, 2.45) is 5.41 Å². The van der Waals surface area contributed by atoms with Crippen LogP contribution in [0.15, 0.2) is 0 Å². The molecule has 0 aromatic rings. The van der Waals surface area contributed by atoms with Gasteiger partial charge in [-0.3, -0.25) is 0 Å². The van der Waals surface area contributed by atoms with E-state index in [-0.39, 0.29) is 18.7 Å². The van der Waals surface area contributed by atoms with Crippen molar-refractivity contribution in [1.29, 1.82) is 0 Å². The highest BCUT2D eigenvalue weighted by molar-refractivity contribution is 5.74. The van der Waals surface area contributed by atoms with Gasteiger partial charge in [-0.15, -0.1) is 0 Å². The molecule has 2 amide bonds. The number of rotatable bonds is 6. The van der Waals surface area contributed by atoms with Crippen LogP contribution in [0.2, 0.25) is 0 Å². The van der Waals surface area contributed by atoms with E-state index in [9.17, 15) is 4.79 Å². The lowest BCUT2D eigenvalue weighted by atomic mass is 9.70. The van der Waals surface area contributed by atoms with Gasteiger partial charge in [-0.1, -0.05) is 13.3 Å². The molecule has 0 heterocycles. The molecule has 4 nitrogen and oxygen atoms in total. The molecule has 94 valence electrons. The van der Waals surface area contributed by atoms with E-state index >= 15 is 0 Å². The highest BCUT2D eigenvalue weighted by Crippen LogP contribution is 2.39. The molecule has 1 rings (SSSR count). The maximum atomic E-state index is 11.5. The van der Waals surface area contributed by atoms with Gasteiger partial charge < -0.3 is 15.7 Å². The summed E-state index contributed by atoms with van der Waals surface area (Å²) < 4.78 is 0. The first kappa shape index (κ1) is 13.3. The molecule has 1 fully saturated rings. The molecule has 0 aromatic carbocycles. The molecule has 0 aliphatic heterocycles. The summed E-state index contributed by atoms with van der Waals surface area (Å²) in [6.07, 6.45) is 5.27. The van der Waals surface area contributed by atoms with E-state index < -0.39 is 0 Å². The minimum Gasteiger partial charge on any atom is -0.396 e. The number of aliphatic hydroxyl groups excluding tert-OH is 1. The van der Waals surface area contributed by atoms with E-state index in [4.69, 9.17) is 5.11 Å². The van der Waals surface area contributed by atoms with Crippen LogP contribution < -0.4 is 10.6 Å². The Hall–Kier alpha value is -0.770. The largest absolute Gasteiger partial charge is 0.396 e. The average molecular weight is 228 g/mol. The molecular formula is C12H24N2O2. The standard InChI is InChI=1S/C12H24N2O2/c1-10(5-3-8-15)14-11(16)13-9-12(2)6-4-7-12/h10,15H,3-9H2,1-2H3,(H2,13,14,16). The topological polar surface area (TPSA) is 61.4 Å². The fourth-order valence-electron chi connectivity index (χ4n) is 2.00. The van der Waals surface area contributed by atoms with Gasteiger partial charge in [0, 0.05) is 19.2 Å². The first-order valence-electron chi connectivity index (χ1n) is 6.21. The molecular weight excluding hydrogens is 204 g/mol. The van der Waals surface area contributed by atoms with E-state index in [1.807, 2.05) is 6.92 Å². The summed E-state index contributed by atoms with van der Waals surface area (Å²) in [7, 11) is 0. The molecule has 16 heavy (non-hydrogen) atoms. The molecule has 0 saturated heterocycles. The Labute approximate surface area is 97.8 Å². The molecule has 1 aliphatic rings. The molecule has 0 spiro atoms. The third kappa shape index (κ3) is 4.39. The van der Waals surface area contributed by atoms with Gasteiger partial charge in [-0.05, 0) is 38.0 Å². The predicted molar refractivity (Wildman–Crippen MR) is 64.3 cm³/mol. The fourth-order valence-corrected chi connectivity index (χ4v) is 2.00. The second kappa shape index (κ2) is 6.09. The lowest BCUT2D eigenvalue weighted by molar-refractivity contribution is 0.156. The van der Waals surface area contributed by atoms with Crippen LogP contribution in [0.5, 0.6) is 0 Å². The summed E-state index contributed by atoms with van der Waals surface area (Å²) in [5.74, 6) is 0. The van der Waals surface area contributed by atoms with Crippen molar-refractivity contribution in [1.82, 2.24) is 10.6 Å². The Balaban J connectivity index is 2.10. The first-order valence-corrected chi connectivity index (χ1v) is 6.21. The van der Waals surface area contributed by atoms with Gasteiger partial charge >= 0.3 is 6.03 Å². The molecule has 0 radical (unpaired) electrons. The van der Waals surface area contributed by atoms with Gasteiger partial charge in [0.2, 0.25) is 0 Å². The van der Waals surface area contributed by atoms with E-state index in [0.717, 1.165) is 19.4 Å². The van der Waals surface area contributed by atoms with Crippen LogP contribution in [0.3, 0.4) is 0 Å². The van der Waals surface area contributed by atoms with Crippen molar-refractivity contribution < 1.29 is 9.90 Å². The summed E-state index contributed by atoms with van der Waals surface area (Å²) in [5.41, 5.74) is 0.325. The molecule has 1 aliphatic carbocycles. The Kier molecular flexibility index (Phi) is 5.06. The number of carbonyl (C=O) groups is 1. The predicted octanol–water partition coefficient (Wildman–Crippen LogP) is 1.64. The zero-order chi connectivity index (χ0) is 12.0. The second-order valence-corrected chi connectivity index (χ2v) is 5.26. The minimum absolute atomic E-state index is 0.0847. The quantitative estimate of drug-likeness (QED) is 0.647. The number of aliphatic hydroxyl groups is 1. The second-order valence-electron chi connectivity index (χ2n) is 5.26. The third-order valence-electron chi connectivity index (χ3n) is 3.41. The highest BCUT2D eigenvalue weighted by Gasteiger charge is 2.31. The number of hydrogen-bond donors (Lipinski definition) is 3. The number of urea groups is 1. The molecule has 0 aromatic heterocycles. The molecule has 0 bridgehead atoms. The Morgan fingerprint density at radius 3 is 2.69 bits per heavy atom. The summed E-state index contributed by atoms with van der Waals surface area (Å²) in [5, 5.41) is 14.5. The van der Waals surface area contributed by atoms with Crippen LogP contribution in [0.1, 0.15) is 46.0 Å². The fraction of sp³-hybridized carbons (Fsp3) is 0.917. The van der Waals surface area contributed by atoms with Gasteiger partial charge in [0.1, 0.15) is 0 Å². The van der Waals surface area contributed by atoms with Crippen LogP contribution in [0.4, 0.5) is 4.79 Å². The first-order chi connectivity index (χ1) is 7.56. The number of amides is 2. The summed E-state index contributed by atoms with van der Waals surface area (Å²) in [6, 6.07) is 0.0416. The van der Waals surface area contributed by atoms with E-state index in [1.165, 1.54) is 19.3 Å². The lowest BCUT2D eigenvalue weighted by Gasteiger charge is -2.38. The van der Waals surface area contributed by atoms with Gasteiger partial charge in [0.05, 0.1) is 0 Å². The summed E-state index contributed by atoms with van der Waals surface area (Å²) in [6.45, 7) is 5.13. The van der Waals surface area contributed by atoms with Gasteiger partial charge in [-0.2, -0.15) is 0 Å². The zero-order valence-electron chi connectivity index (χ0n) is 10.4. The molecule has 1 atom stereocenters. The lowest BCUT2D eigenvalue weighted by Crippen LogP contribution is -2.46. The van der Waals surface area contributed by atoms with Crippen LogP contribution in [0, 0.1) is 5.41 Å². The maximum Gasteiger partial charge on any atom is 0.315 e. The zero-order valence-corrected chi connectivity index (χ0v) is 10.4. The van der Waals surface area contributed by atoms with Crippen molar-refractivity contribution in [2.75, 3.05) is 13.2 Å². The average Bonchev–Trinajstić information content (AvgIpc) is 2.21. The van der Waals surface area contributed by atoms with E-state index in [0.29, 0.717) is 5.41 Å². The SMILES string of the molecule is CC(CCCO)NC(=O)NCC1(C)CCC1. The number of hydrogen-bond acceptors (Lipinski definition) is 2. The van der Waals surface area contributed by atoms with Crippen molar-refractivity contribution in [2.45, 2.75) is 52.0 Å². The van der Waals surface area contributed by atoms with Crippen LogP contribution in [0.25, 0.3) is 0 Å².